The van der Waals surface area contributed by atoms with Gasteiger partial charge in [0.15, 0.2) is 16.8 Å². The minimum atomic E-state index is -0.529. The summed E-state index contributed by atoms with van der Waals surface area (Å²) in [6.45, 7) is 5.43. The number of amides is 2. The van der Waals surface area contributed by atoms with Gasteiger partial charge in [-0.05, 0) is 44.5 Å². The van der Waals surface area contributed by atoms with Gasteiger partial charge in [0.05, 0.1) is 11.3 Å². The van der Waals surface area contributed by atoms with Crippen molar-refractivity contribution < 1.29 is 21.2 Å². The molecule has 3 rings (SSSR count). The molecule has 0 saturated heterocycles. The maximum Gasteiger partial charge on any atom is 0.274 e. The first kappa shape index (κ1) is 22.1. The number of anilines is 1. The Hall–Kier alpha value is -2.61. The van der Waals surface area contributed by atoms with Crippen LogP contribution in [0.15, 0.2) is 36.5 Å². The van der Waals surface area contributed by atoms with E-state index in [4.69, 9.17) is 34.8 Å². The van der Waals surface area contributed by atoms with E-state index in [0.717, 1.165) is 0 Å². The summed E-state index contributed by atoms with van der Waals surface area (Å²) in [5.41, 5.74) is 1.34. The van der Waals surface area contributed by atoms with Crippen LogP contribution in [0.25, 0.3) is 5.82 Å². The van der Waals surface area contributed by atoms with E-state index in [-0.39, 0.29) is 28.4 Å². The van der Waals surface area contributed by atoms with Gasteiger partial charge in [0.2, 0.25) is 5.82 Å². The predicted octanol–water partition coefficient (Wildman–Crippen LogP) is 3.97. The Morgan fingerprint density at radius 2 is 1.90 bits per heavy atom. The number of hydrogen-bond acceptors (Lipinski definition) is 4. The molecule has 0 bridgehead atoms. The quantitative estimate of drug-likeness (QED) is 0.594. The highest BCUT2D eigenvalue weighted by molar-refractivity contribution is 6.31. The average molecular weight is 468 g/mol. The molecule has 0 fully saturated rings. The number of nitrogens with zero attached hydrogens (tertiary/aromatic N) is 3. The number of rotatable bonds is 5. The lowest BCUT2D eigenvalue weighted by Gasteiger charge is -2.16. The third kappa shape index (κ3) is 4.75. The maximum atomic E-state index is 13.1. The van der Waals surface area contributed by atoms with Gasteiger partial charge in [0.1, 0.15) is 5.69 Å². The van der Waals surface area contributed by atoms with Gasteiger partial charge in [-0.3, -0.25) is 9.59 Å². The zero-order chi connectivity index (χ0) is 22.0. The summed E-state index contributed by atoms with van der Waals surface area (Å²) in [5, 5.41) is 10.6. The first-order valence-electron chi connectivity index (χ1n) is 8.97. The van der Waals surface area contributed by atoms with E-state index in [2.05, 4.69) is 20.7 Å². The first-order valence-corrected chi connectivity index (χ1v) is 10.1. The van der Waals surface area contributed by atoms with Crippen molar-refractivity contribution in [2.75, 3.05) is 5.32 Å². The molecular formula is C20H19Cl3N5O2+. The normalized spacial score (nSPS) is 10.9. The lowest BCUT2D eigenvalue weighted by Crippen LogP contribution is -2.31. The summed E-state index contributed by atoms with van der Waals surface area (Å²) in [6, 6.07) is 7.84. The number of carbonyl (C=O) groups excluding carboxylic acids is 2. The van der Waals surface area contributed by atoms with Gasteiger partial charge in [-0.15, -0.1) is 0 Å². The van der Waals surface area contributed by atoms with E-state index in [9.17, 15) is 9.59 Å². The van der Waals surface area contributed by atoms with Gasteiger partial charge >= 0.3 is 0 Å². The molecule has 0 aliphatic carbocycles. The third-order valence-corrected chi connectivity index (χ3v) is 4.79. The van der Waals surface area contributed by atoms with E-state index >= 15 is 0 Å². The number of pyridine rings is 1. The van der Waals surface area contributed by atoms with E-state index < -0.39 is 5.91 Å². The van der Waals surface area contributed by atoms with E-state index in [0.29, 0.717) is 27.1 Å². The lowest BCUT2D eigenvalue weighted by molar-refractivity contribution is -0.289. The molecule has 156 valence electrons. The number of aromatic nitrogens is 3. The SMILES string of the molecule is Cc1cc(Cl)cc(C(=O)NC(C)C)c1NC(=O)c1cc(Cl)nn1-c1ncccc1[ClH+]. The molecule has 2 amide bonds. The molecule has 0 aliphatic rings. The lowest BCUT2D eigenvalue weighted by atomic mass is 10.1. The van der Waals surface area contributed by atoms with Crippen LogP contribution in [0.4, 0.5) is 5.69 Å². The molecular weight excluding hydrogens is 449 g/mol. The zero-order valence-electron chi connectivity index (χ0n) is 16.4. The maximum absolute atomic E-state index is 13.1. The molecule has 3 aromatic rings. The number of hydrogen-bond donors (Lipinski definition) is 2. The van der Waals surface area contributed by atoms with E-state index in [1.165, 1.54) is 16.8 Å². The third-order valence-electron chi connectivity index (χ3n) is 4.07. The summed E-state index contributed by atoms with van der Waals surface area (Å²) >= 11 is 17.5. The Bertz CT molecular complexity index is 1130. The minimum Gasteiger partial charge on any atom is -0.350 e. The van der Waals surface area contributed by atoms with Crippen LogP contribution in [-0.2, 0) is 0 Å². The van der Waals surface area contributed by atoms with E-state index in [1.54, 1.807) is 31.3 Å². The van der Waals surface area contributed by atoms with Crippen LogP contribution in [-0.4, -0.2) is 32.6 Å². The second-order valence-corrected chi connectivity index (χ2v) is 8.08. The second-order valence-electron chi connectivity index (χ2n) is 6.82. The number of carbonyl (C=O) groups is 2. The monoisotopic (exact) mass is 466 g/mol. The van der Waals surface area contributed by atoms with Gasteiger partial charge in [-0.1, -0.05) is 23.2 Å². The van der Waals surface area contributed by atoms with Crippen LogP contribution < -0.4 is 10.6 Å². The van der Waals surface area contributed by atoms with Gasteiger partial charge in [0, 0.05) is 29.4 Å². The van der Waals surface area contributed by atoms with Crippen molar-refractivity contribution in [3.8, 4) is 5.82 Å². The number of benzene rings is 1. The van der Waals surface area contributed by atoms with Crippen molar-refractivity contribution in [1.82, 2.24) is 20.1 Å². The molecule has 0 aliphatic heterocycles. The van der Waals surface area contributed by atoms with Crippen molar-refractivity contribution >= 4 is 40.7 Å². The molecule has 0 atom stereocenters. The molecule has 10 heteroatoms. The Morgan fingerprint density at radius 1 is 1.17 bits per heavy atom. The number of aryl methyl sites for hydroxylation is 1. The van der Waals surface area contributed by atoms with Gasteiger partial charge in [-0.25, -0.2) is 9.67 Å². The summed E-state index contributed by atoms with van der Waals surface area (Å²) in [4.78, 5) is 30.0. The topological polar surface area (TPSA) is 88.9 Å². The van der Waals surface area contributed by atoms with Crippen molar-refractivity contribution in [3.05, 3.63) is 68.5 Å². The Morgan fingerprint density at radius 3 is 2.57 bits per heavy atom. The predicted molar refractivity (Wildman–Crippen MR) is 114 cm³/mol. The van der Waals surface area contributed by atoms with Crippen molar-refractivity contribution in [1.29, 1.82) is 0 Å². The summed E-state index contributed by atoms with van der Waals surface area (Å²) in [7, 11) is 0. The number of nitrogens with one attached hydrogen (secondary N) is 2. The van der Waals surface area contributed by atoms with Crippen LogP contribution in [0.3, 0.4) is 0 Å². The molecule has 0 saturated carbocycles. The Kier molecular flexibility index (Phi) is 6.65. The van der Waals surface area contributed by atoms with Gasteiger partial charge < -0.3 is 10.6 Å². The van der Waals surface area contributed by atoms with Crippen molar-refractivity contribution in [2.45, 2.75) is 26.8 Å². The highest BCUT2D eigenvalue weighted by Gasteiger charge is 2.24. The molecule has 1 aromatic carbocycles. The molecule has 30 heavy (non-hydrogen) atoms. The van der Waals surface area contributed by atoms with Crippen LogP contribution in [0.5, 0.6) is 0 Å². The zero-order valence-corrected chi connectivity index (χ0v) is 18.7. The standard InChI is InChI=1S/C20H18Cl3N5O2/c1-10(2)25-19(29)13-8-12(21)7-11(3)17(13)26-20(30)15-9-16(23)27-28(15)18-14(22)5-4-6-24-18/h4-10,22H,1-3H3,(H-,25,26,29,30)/p+1. The van der Waals surface area contributed by atoms with Crippen molar-refractivity contribution in [3.63, 3.8) is 0 Å². The highest BCUT2D eigenvalue weighted by Crippen LogP contribution is 2.27. The summed E-state index contributed by atoms with van der Waals surface area (Å²) in [6.07, 6.45) is 1.54. The van der Waals surface area contributed by atoms with Crippen LogP contribution in [0.2, 0.25) is 15.2 Å². The first-order chi connectivity index (χ1) is 14.2. The Balaban J connectivity index is 2.02. The molecule has 0 radical (unpaired) electrons. The molecule has 2 N–H and O–H groups in total. The van der Waals surface area contributed by atoms with Crippen LogP contribution >= 0.6 is 23.2 Å². The Labute approximate surface area is 188 Å². The molecule has 0 unspecified atom stereocenters. The van der Waals surface area contributed by atoms with E-state index in [1.807, 2.05) is 13.8 Å². The van der Waals surface area contributed by atoms with Crippen molar-refractivity contribution in [2.24, 2.45) is 0 Å². The minimum absolute atomic E-state index is 0.0878. The largest absolute Gasteiger partial charge is 0.350 e. The smallest absolute Gasteiger partial charge is 0.274 e. The molecule has 2 heterocycles. The fourth-order valence-electron chi connectivity index (χ4n) is 2.82. The van der Waals surface area contributed by atoms with Crippen LogP contribution in [0.1, 0.15) is 40.3 Å². The fraction of sp³-hybridized carbons (Fsp3) is 0.200. The second kappa shape index (κ2) is 9.04. The fourth-order valence-corrected chi connectivity index (χ4v) is 3.49. The highest BCUT2D eigenvalue weighted by atomic mass is 35.5. The summed E-state index contributed by atoms with van der Waals surface area (Å²) in [5.74, 6) is -0.580. The van der Waals surface area contributed by atoms with Gasteiger partial charge in [-0.2, -0.15) is 5.10 Å². The van der Waals surface area contributed by atoms with Crippen LogP contribution in [0, 0.1) is 18.5 Å². The summed E-state index contributed by atoms with van der Waals surface area (Å²) < 4.78 is 1.28. The molecule has 0 spiro atoms. The number of halogens is 3. The van der Waals surface area contributed by atoms with Gasteiger partial charge in [0.25, 0.3) is 16.8 Å². The molecule has 7 nitrogen and oxygen atoms in total. The average Bonchev–Trinajstić information content (AvgIpc) is 3.05. The molecule has 2 aromatic heterocycles.